The van der Waals surface area contributed by atoms with E-state index >= 15 is 0 Å². The summed E-state index contributed by atoms with van der Waals surface area (Å²) in [4.78, 5) is 2.39. The molecule has 3 heteroatoms. The molecule has 0 radical (unpaired) electrons. The molecule has 0 aromatic rings. The lowest BCUT2D eigenvalue weighted by molar-refractivity contribution is 0.184. The summed E-state index contributed by atoms with van der Waals surface area (Å²) in [7, 11) is 2.18. The summed E-state index contributed by atoms with van der Waals surface area (Å²) in [6.45, 7) is 9.42. The number of aliphatic hydroxyl groups is 1. The van der Waals surface area contributed by atoms with Crippen LogP contribution in [0.25, 0.3) is 0 Å². The molecule has 2 nitrogen and oxygen atoms in total. The molecule has 0 fully saturated rings. The van der Waals surface area contributed by atoms with Crippen molar-refractivity contribution in [2.45, 2.75) is 40.0 Å². The minimum Gasteiger partial charge on any atom is -0.396 e. The standard InChI is InChI=1S/C13H29NOS/c1-13(2,3)12(11-16)10-14(4)8-6-5-7-9-15/h12,15-16H,5-11H2,1-4H3. The molecule has 1 unspecified atom stereocenters. The van der Waals surface area contributed by atoms with Gasteiger partial charge in [0.05, 0.1) is 0 Å². The van der Waals surface area contributed by atoms with Gasteiger partial charge < -0.3 is 10.0 Å². The van der Waals surface area contributed by atoms with Crippen molar-refractivity contribution in [1.29, 1.82) is 0 Å². The third kappa shape index (κ3) is 7.53. The third-order valence-electron chi connectivity index (χ3n) is 3.18. The fourth-order valence-corrected chi connectivity index (χ4v) is 2.41. The minimum atomic E-state index is 0.324. The third-order valence-corrected chi connectivity index (χ3v) is 3.62. The van der Waals surface area contributed by atoms with Crippen molar-refractivity contribution < 1.29 is 5.11 Å². The van der Waals surface area contributed by atoms with E-state index < -0.39 is 0 Å². The Morgan fingerprint density at radius 3 is 2.25 bits per heavy atom. The molecule has 16 heavy (non-hydrogen) atoms. The van der Waals surface area contributed by atoms with Crippen LogP contribution in [0.15, 0.2) is 0 Å². The quantitative estimate of drug-likeness (QED) is 0.509. The van der Waals surface area contributed by atoms with Gasteiger partial charge in [-0.15, -0.1) is 0 Å². The second-order valence-corrected chi connectivity index (χ2v) is 6.16. The Balaban J connectivity index is 3.79. The first kappa shape index (κ1) is 16.3. The van der Waals surface area contributed by atoms with Crippen LogP contribution in [0, 0.1) is 11.3 Å². The molecule has 0 amide bonds. The molecule has 0 aliphatic heterocycles. The number of rotatable bonds is 8. The van der Waals surface area contributed by atoms with Crippen molar-refractivity contribution >= 4 is 12.6 Å². The molecule has 98 valence electrons. The van der Waals surface area contributed by atoms with Gasteiger partial charge in [0.25, 0.3) is 0 Å². The van der Waals surface area contributed by atoms with Crippen LogP contribution in [0.1, 0.15) is 40.0 Å². The SMILES string of the molecule is CN(CCCCCO)CC(CS)C(C)(C)C. The van der Waals surface area contributed by atoms with Gasteiger partial charge in [0.15, 0.2) is 0 Å². The molecule has 0 aliphatic carbocycles. The Kier molecular flexibility index (Phi) is 8.52. The highest BCUT2D eigenvalue weighted by atomic mass is 32.1. The molecule has 0 rings (SSSR count). The molecule has 0 saturated carbocycles. The molecule has 0 aromatic carbocycles. The molecule has 1 atom stereocenters. The Labute approximate surface area is 107 Å². The van der Waals surface area contributed by atoms with Gasteiger partial charge in [0.1, 0.15) is 0 Å². The van der Waals surface area contributed by atoms with E-state index in [-0.39, 0.29) is 0 Å². The maximum absolute atomic E-state index is 8.70. The number of hydrogen-bond acceptors (Lipinski definition) is 3. The van der Waals surface area contributed by atoms with Crippen molar-refractivity contribution in [3.63, 3.8) is 0 Å². The monoisotopic (exact) mass is 247 g/mol. The van der Waals surface area contributed by atoms with E-state index in [0.717, 1.165) is 31.7 Å². The minimum absolute atomic E-state index is 0.324. The van der Waals surface area contributed by atoms with Crippen molar-refractivity contribution in [2.24, 2.45) is 11.3 Å². The van der Waals surface area contributed by atoms with Crippen LogP contribution in [0.2, 0.25) is 0 Å². The topological polar surface area (TPSA) is 23.5 Å². The van der Waals surface area contributed by atoms with Gasteiger partial charge in [-0.1, -0.05) is 20.8 Å². The average Bonchev–Trinajstić information content (AvgIpc) is 2.19. The van der Waals surface area contributed by atoms with Gasteiger partial charge in [0, 0.05) is 13.2 Å². The molecule has 1 N–H and O–H groups in total. The zero-order chi connectivity index (χ0) is 12.6. The normalized spacial score (nSPS) is 14.4. The Morgan fingerprint density at radius 2 is 1.81 bits per heavy atom. The van der Waals surface area contributed by atoms with Crippen molar-refractivity contribution in [3.05, 3.63) is 0 Å². The van der Waals surface area contributed by atoms with Gasteiger partial charge in [-0.3, -0.25) is 0 Å². The zero-order valence-corrected chi connectivity index (χ0v) is 12.3. The van der Waals surface area contributed by atoms with Crippen LogP contribution >= 0.6 is 12.6 Å². The molecule has 0 saturated heterocycles. The van der Waals surface area contributed by atoms with E-state index in [1.165, 1.54) is 6.42 Å². The second-order valence-electron chi connectivity index (χ2n) is 5.79. The maximum atomic E-state index is 8.70. The Hall–Kier alpha value is 0.270. The molecule has 0 heterocycles. The number of aliphatic hydroxyl groups excluding tert-OH is 1. The van der Waals surface area contributed by atoms with E-state index in [4.69, 9.17) is 5.11 Å². The fraction of sp³-hybridized carbons (Fsp3) is 1.00. The first-order valence-corrected chi connectivity index (χ1v) is 6.95. The predicted octanol–water partition coefficient (Wildman–Crippen LogP) is 2.67. The summed E-state index contributed by atoms with van der Waals surface area (Å²) >= 11 is 4.45. The van der Waals surface area contributed by atoms with Crippen molar-refractivity contribution in [2.75, 3.05) is 32.5 Å². The van der Waals surface area contributed by atoms with E-state index in [1.54, 1.807) is 0 Å². The van der Waals surface area contributed by atoms with E-state index in [1.807, 2.05) is 0 Å². The average molecular weight is 247 g/mol. The largest absolute Gasteiger partial charge is 0.396 e. The van der Waals surface area contributed by atoms with Crippen LogP contribution in [-0.2, 0) is 0 Å². The number of thiol groups is 1. The van der Waals surface area contributed by atoms with Gasteiger partial charge >= 0.3 is 0 Å². The summed E-state index contributed by atoms with van der Waals surface area (Å²) in [5.74, 6) is 1.59. The zero-order valence-electron chi connectivity index (χ0n) is 11.4. The van der Waals surface area contributed by atoms with Gasteiger partial charge in [-0.2, -0.15) is 12.6 Å². The van der Waals surface area contributed by atoms with Crippen LogP contribution in [-0.4, -0.2) is 42.5 Å². The second kappa shape index (κ2) is 8.37. The molecular weight excluding hydrogens is 218 g/mol. The van der Waals surface area contributed by atoms with Crippen LogP contribution < -0.4 is 0 Å². The van der Waals surface area contributed by atoms with Crippen LogP contribution in [0.3, 0.4) is 0 Å². The molecule has 0 spiro atoms. The number of nitrogens with zero attached hydrogens (tertiary/aromatic N) is 1. The highest BCUT2D eigenvalue weighted by Gasteiger charge is 2.24. The lowest BCUT2D eigenvalue weighted by atomic mass is 9.81. The van der Waals surface area contributed by atoms with Gasteiger partial charge in [0.2, 0.25) is 0 Å². The summed E-state index contributed by atoms with van der Waals surface area (Å²) < 4.78 is 0. The summed E-state index contributed by atoms with van der Waals surface area (Å²) in [5.41, 5.74) is 0.334. The van der Waals surface area contributed by atoms with Crippen molar-refractivity contribution in [1.82, 2.24) is 4.90 Å². The highest BCUT2D eigenvalue weighted by molar-refractivity contribution is 7.80. The van der Waals surface area contributed by atoms with Crippen LogP contribution in [0.5, 0.6) is 0 Å². The molecular formula is C13H29NOS. The molecule has 0 bridgehead atoms. The predicted molar refractivity (Wildman–Crippen MR) is 75.2 cm³/mol. The number of hydrogen-bond donors (Lipinski definition) is 2. The summed E-state index contributed by atoms with van der Waals surface area (Å²) in [6.07, 6.45) is 3.24. The van der Waals surface area contributed by atoms with E-state index in [9.17, 15) is 0 Å². The lowest BCUT2D eigenvalue weighted by Crippen LogP contribution is -2.34. The fourth-order valence-electron chi connectivity index (χ4n) is 1.74. The van der Waals surface area contributed by atoms with E-state index in [2.05, 4.69) is 45.3 Å². The Morgan fingerprint density at radius 1 is 1.19 bits per heavy atom. The van der Waals surface area contributed by atoms with Crippen LogP contribution in [0.4, 0.5) is 0 Å². The van der Waals surface area contributed by atoms with E-state index in [0.29, 0.717) is 17.9 Å². The smallest absolute Gasteiger partial charge is 0.0431 e. The Bertz CT molecular complexity index is 168. The first-order chi connectivity index (χ1) is 7.41. The van der Waals surface area contributed by atoms with Crippen molar-refractivity contribution in [3.8, 4) is 0 Å². The first-order valence-electron chi connectivity index (χ1n) is 6.32. The maximum Gasteiger partial charge on any atom is 0.0431 e. The molecule has 0 aromatic heterocycles. The number of unbranched alkanes of at least 4 members (excludes halogenated alkanes) is 2. The summed E-state index contributed by atoms with van der Waals surface area (Å²) in [6, 6.07) is 0. The lowest BCUT2D eigenvalue weighted by Gasteiger charge is -2.33. The highest BCUT2D eigenvalue weighted by Crippen LogP contribution is 2.27. The summed E-state index contributed by atoms with van der Waals surface area (Å²) in [5, 5.41) is 8.70. The molecule has 0 aliphatic rings. The van der Waals surface area contributed by atoms with Gasteiger partial charge in [-0.05, 0) is 49.9 Å². The van der Waals surface area contributed by atoms with Gasteiger partial charge in [-0.25, -0.2) is 0 Å².